The average molecular weight is 523 g/mol. The molecule has 4 heterocycles. The maximum atomic E-state index is 13.9. The Bertz CT molecular complexity index is 1690. The summed E-state index contributed by atoms with van der Waals surface area (Å²) in [6.45, 7) is 1.78. The van der Waals surface area contributed by atoms with E-state index in [0.717, 1.165) is 22.5 Å². The van der Waals surface area contributed by atoms with Crippen LogP contribution in [0.15, 0.2) is 48.9 Å². The number of hydrogen-bond acceptors (Lipinski definition) is 6. The zero-order valence-corrected chi connectivity index (χ0v) is 20.3. The molecule has 194 valence electrons. The van der Waals surface area contributed by atoms with Crippen LogP contribution in [0.2, 0.25) is 0 Å². The average Bonchev–Trinajstić information content (AvgIpc) is 3.57. The van der Waals surface area contributed by atoms with Crippen molar-refractivity contribution >= 4 is 28.8 Å². The Morgan fingerprint density at radius 1 is 0.895 bits per heavy atom. The highest BCUT2D eigenvalue weighted by molar-refractivity contribution is 6.13. The molecule has 0 atom stereocenters. The highest BCUT2D eigenvalue weighted by Gasteiger charge is 2.25. The summed E-state index contributed by atoms with van der Waals surface area (Å²) in [6.07, 6.45) is 0.954. The maximum Gasteiger partial charge on any atom is 0.280 e. The van der Waals surface area contributed by atoms with Gasteiger partial charge in [0.25, 0.3) is 18.2 Å². The van der Waals surface area contributed by atoms with Gasteiger partial charge in [-0.05, 0) is 37.3 Å². The first-order chi connectivity index (χ1) is 18.1. The van der Waals surface area contributed by atoms with Crippen molar-refractivity contribution < 1.29 is 22.8 Å². The molecule has 2 amide bonds. The molecule has 0 aliphatic rings. The first-order valence-corrected chi connectivity index (χ1v) is 11.2. The van der Waals surface area contributed by atoms with Crippen LogP contribution < -0.4 is 10.6 Å². The summed E-state index contributed by atoms with van der Waals surface area (Å²) in [5.41, 5.74) is 1.06. The summed E-state index contributed by atoms with van der Waals surface area (Å²) in [4.78, 5) is 30.6. The predicted octanol–water partition coefficient (Wildman–Crippen LogP) is 3.75. The fraction of sp³-hybridized carbons (Fsp3) is 0.167. The second kappa shape index (κ2) is 9.46. The molecule has 5 rings (SSSR count). The largest absolute Gasteiger partial charge is 0.318 e. The Morgan fingerprint density at radius 3 is 2.21 bits per heavy atom. The van der Waals surface area contributed by atoms with Gasteiger partial charge in [0.2, 0.25) is 0 Å². The highest BCUT2D eigenvalue weighted by atomic mass is 19.3. The number of alkyl halides is 2. The summed E-state index contributed by atoms with van der Waals surface area (Å²) < 4.78 is 44.8. The SMILES string of the molecule is Cc1c(NC(=O)c2c(NC(=O)c3cnn4c(C(F)F)cc(-c5ccc(F)cc5)nc34)cnn2C)cnn1C. The third-order valence-corrected chi connectivity index (χ3v) is 5.99. The molecule has 0 radical (unpaired) electrons. The number of carbonyl (C=O) groups excluding carboxylic acids is 2. The van der Waals surface area contributed by atoms with Crippen LogP contribution in [0.5, 0.6) is 0 Å². The van der Waals surface area contributed by atoms with Crippen molar-refractivity contribution in [3.63, 3.8) is 0 Å². The molecule has 0 unspecified atom stereocenters. The number of amides is 2. The second-order valence-electron chi connectivity index (χ2n) is 8.37. The van der Waals surface area contributed by atoms with E-state index < -0.39 is 29.8 Å². The molecule has 2 N–H and O–H groups in total. The van der Waals surface area contributed by atoms with E-state index in [0.29, 0.717) is 11.3 Å². The van der Waals surface area contributed by atoms with E-state index in [2.05, 4.69) is 30.9 Å². The standard InChI is InChI=1S/C24H20F3N9O2/c1-12-17(10-28-34(12)2)32-24(38)20-18(11-29-35(20)3)33-23(37)15-9-30-36-19(21(26)27)8-16(31-22(15)36)13-4-6-14(25)7-5-13/h4-11,21H,1-3H3,(H,32,38)(H,33,37). The third kappa shape index (κ3) is 4.36. The molecular formula is C24H20F3N9O2. The molecule has 0 saturated heterocycles. The van der Waals surface area contributed by atoms with Gasteiger partial charge in [-0.25, -0.2) is 22.7 Å². The highest BCUT2D eigenvalue weighted by Crippen LogP contribution is 2.28. The van der Waals surface area contributed by atoms with Crippen LogP contribution in [-0.4, -0.2) is 46.0 Å². The Morgan fingerprint density at radius 2 is 1.55 bits per heavy atom. The van der Waals surface area contributed by atoms with Gasteiger partial charge in [-0.15, -0.1) is 0 Å². The molecule has 11 nitrogen and oxygen atoms in total. The number of nitrogens with one attached hydrogen (secondary N) is 2. The topological polar surface area (TPSA) is 124 Å². The van der Waals surface area contributed by atoms with Crippen molar-refractivity contribution in [2.45, 2.75) is 13.3 Å². The number of hydrogen-bond donors (Lipinski definition) is 2. The van der Waals surface area contributed by atoms with E-state index in [1.807, 2.05) is 0 Å². The first kappa shape index (κ1) is 24.7. The number of nitrogens with zero attached hydrogens (tertiary/aromatic N) is 7. The van der Waals surface area contributed by atoms with Gasteiger partial charge in [0.15, 0.2) is 5.65 Å². The van der Waals surface area contributed by atoms with Gasteiger partial charge >= 0.3 is 0 Å². The Balaban J connectivity index is 1.49. The van der Waals surface area contributed by atoms with Crippen LogP contribution in [0, 0.1) is 12.7 Å². The van der Waals surface area contributed by atoms with Crippen LogP contribution >= 0.6 is 0 Å². The molecular weight excluding hydrogens is 503 g/mol. The fourth-order valence-corrected chi connectivity index (χ4v) is 3.86. The summed E-state index contributed by atoms with van der Waals surface area (Å²) in [5.74, 6) is -1.79. The number of anilines is 2. The van der Waals surface area contributed by atoms with E-state index in [4.69, 9.17) is 0 Å². The molecule has 0 fully saturated rings. The monoisotopic (exact) mass is 523 g/mol. The minimum absolute atomic E-state index is 0.0475. The zero-order chi connectivity index (χ0) is 27.1. The zero-order valence-electron chi connectivity index (χ0n) is 20.3. The van der Waals surface area contributed by atoms with E-state index >= 15 is 0 Å². The van der Waals surface area contributed by atoms with Crippen molar-refractivity contribution in [2.75, 3.05) is 10.6 Å². The van der Waals surface area contributed by atoms with Crippen molar-refractivity contribution in [1.29, 1.82) is 0 Å². The summed E-state index contributed by atoms with van der Waals surface area (Å²) in [7, 11) is 3.26. The van der Waals surface area contributed by atoms with Crippen LogP contribution in [0.4, 0.5) is 24.5 Å². The lowest BCUT2D eigenvalue weighted by Crippen LogP contribution is -2.20. The number of aromatic nitrogens is 7. The van der Waals surface area contributed by atoms with E-state index in [1.165, 1.54) is 48.4 Å². The Kier molecular flexibility index (Phi) is 6.14. The lowest BCUT2D eigenvalue weighted by molar-refractivity contribution is 0.101. The van der Waals surface area contributed by atoms with E-state index in [9.17, 15) is 22.8 Å². The summed E-state index contributed by atoms with van der Waals surface area (Å²) >= 11 is 0. The molecule has 1 aromatic carbocycles. The van der Waals surface area contributed by atoms with Crippen molar-refractivity contribution in [3.8, 4) is 11.3 Å². The predicted molar refractivity (Wildman–Crippen MR) is 130 cm³/mol. The van der Waals surface area contributed by atoms with Gasteiger partial charge in [-0.3, -0.25) is 19.0 Å². The van der Waals surface area contributed by atoms with Gasteiger partial charge in [0.05, 0.1) is 41.4 Å². The third-order valence-electron chi connectivity index (χ3n) is 5.99. The fourth-order valence-electron chi connectivity index (χ4n) is 3.86. The Hall–Kier alpha value is -5.01. The minimum Gasteiger partial charge on any atom is -0.318 e. The number of aryl methyl sites for hydroxylation is 2. The van der Waals surface area contributed by atoms with Gasteiger partial charge in [0.1, 0.15) is 22.8 Å². The van der Waals surface area contributed by atoms with Crippen LogP contribution in [-0.2, 0) is 14.1 Å². The number of carbonyl (C=O) groups is 2. The van der Waals surface area contributed by atoms with Crippen molar-refractivity contribution in [1.82, 2.24) is 34.2 Å². The van der Waals surface area contributed by atoms with Gasteiger partial charge < -0.3 is 10.6 Å². The van der Waals surface area contributed by atoms with E-state index in [-0.39, 0.29) is 28.3 Å². The molecule has 0 saturated carbocycles. The lowest BCUT2D eigenvalue weighted by Gasteiger charge is -2.10. The summed E-state index contributed by atoms with van der Waals surface area (Å²) in [6, 6.07) is 6.27. The van der Waals surface area contributed by atoms with E-state index in [1.54, 1.807) is 18.7 Å². The first-order valence-electron chi connectivity index (χ1n) is 11.2. The van der Waals surface area contributed by atoms with Gasteiger partial charge in [-0.2, -0.15) is 15.3 Å². The number of fused-ring (bicyclic) bond motifs is 1. The maximum absolute atomic E-state index is 13.9. The van der Waals surface area contributed by atoms with Gasteiger partial charge in [0, 0.05) is 19.7 Å². The number of rotatable bonds is 6. The number of benzene rings is 1. The Labute approximate surface area is 212 Å². The second-order valence-corrected chi connectivity index (χ2v) is 8.37. The molecule has 0 aliphatic heterocycles. The molecule has 0 bridgehead atoms. The van der Waals surface area contributed by atoms with Gasteiger partial charge in [-0.1, -0.05) is 0 Å². The lowest BCUT2D eigenvalue weighted by atomic mass is 10.1. The summed E-state index contributed by atoms with van der Waals surface area (Å²) in [5, 5.41) is 17.4. The minimum atomic E-state index is -2.93. The molecule has 38 heavy (non-hydrogen) atoms. The molecule has 5 aromatic rings. The normalized spacial score (nSPS) is 11.3. The van der Waals surface area contributed by atoms with Crippen LogP contribution in [0.1, 0.15) is 38.7 Å². The van der Waals surface area contributed by atoms with Crippen molar-refractivity contribution in [3.05, 3.63) is 77.4 Å². The molecule has 4 aromatic heterocycles. The van der Waals surface area contributed by atoms with Crippen LogP contribution in [0.25, 0.3) is 16.9 Å². The molecule has 0 aliphatic carbocycles. The molecule has 14 heteroatoms. The number of halogens is 3. The quantitative estimate of drug-likeness (QED) is 0.349. The molecule has 0 spiro atoms. The van der Waals surface area contributed by atoms with Crippen molar-refractivity contribution in [2.24, 2.45) is 14.1 Å². The van der Waals surface area contributed by atoms with Crippen LogP contribution in [0.3, 0.4) is 0 Å². The smallest absolute Gasteiger partial charge is 0.280 e.